The molecule has 21 heavy (non-hydrogen) atoms. The van der Waals surface area contributed by atoms with E-state index in [-0.39, 0.29) is 11.1 Å². The third-order valence-corrected chi connectivity index (χ3v) is 3.01. The number of nitrogens with zero attached hydrogens (tertiary/aromatic N) is 1. The zero-order valence-electron chi connectivity index (χ0n) is 12.1. The van der Waals surface area contributed by atoms with Gasteiger partial charge in [0.1, 0.15) is 5.56 Å². The second-order valence-corrected chi connectivity index (χ2v) is 4.71. The molecule has 5 nitrogen and oxygen atoms in total. The molecule has 0 bridgehead atoms. The van der Waals surface area contributed by atoms with Gasteiger partial charge in [-0.2, -0.15) is 0 Å². The van der Waals surface area contributed by atoms with Gasteiger partial charge in [0, 0.05) is 6.20 Å². The van der Waals surface area contributed by atoms with Gasteiger partial charge in [-0.3, -0.25) is 14.4 Å². The number of nitrogens with one attached hydrogen (secondary N) is 1. The zero-order valence-corrected chi connectivity index (χ0v) is 12.1. The summed E-state index contributed by atoms with van der Waals surface area (Å²) in [6.07, 6.45) is 1.67. The second-order valence-electron chi connectivity index (χ2n) is 4.71. The summed E-state index contributed by atoms with van der Waals surface area (Å²) in [4.78, 5) is 29.0. The largest absolute Gasteiger partial charge is 0.310 e. The molecule has 0 radical (unpaired) electrons. The van der Waals surface area contributed by atoms with Crippen LogP contribution in [0.25, 0.3) is 0 Å². The molecule has 1 N–H and O–H groups in total. The van der Waals surface area contributed by atoms with Crippen LogP contribution in [-0.4, -0.2) is 17.1 Å². The van der Waals surface area contributed by atoms with E-state index in [1.165, 1.54) is 10.6 Å². The molecule has 5 heteroatoms. The summed E-state index contributed by atoms with van der Waals surface area (Å²) < 4.78 is 1.51. The first-order valence-electron chi connectivity index (χ1n) is 6.79. The van der Waals surface area contributed by atoms with Crippen LogP contribution in [0.2, 0.25) is 0 Å². The van der Waals surface area contributed by atoms with Crippen molar-refractivity contribution in [2.75, 3.05) is 6.61 Å². The highest BCUT2D eigenvalue weighted by Crippen LogP contribution is 2.05. The molecule has 0 aliphatic carbocycles. The number of benzene rings is 1. The Morgan fingerprint density at radius 2 is 2.10 bits per heavy atom. The van der Waals surface area contributed by atoms with Crippen LogP contribution in [-0.2, 0) is 11.4 Å². The van der Waals surface area contributed by atoms with Crippen LogP contribution in [0.1, 0.15) is 28.4 Å². The van der Waals surface area contributed by atoms with Gasteiger partial charge in [0.05, 0.1) is 13.2 Å². The van der Waals surface area contributed by atoms with Crippen molar-refractivity contribution >= 4 is 5.91 Å². The third kappa shape index (κ3) is 3.79. The van der Waals surface area contributed by atoms with E-state index >= 15 is 0 Å². The lowest BCUT2D eigenvalue weighted by atomic mass is 10.1. The molecular formula is C16H18N2O3. The summed E-state index contributed by atoms with van der Waals surface area (Å²) in [6, 6.07) is 11.1. The minimum Gasteiger partial charge on any atom is -0.310 e. The van der Waals surface area contributed by atoms with Gasteiger partial charge >= 0.3 is 0 Å². The van der Waals surface area contributed by atoms with Gasteiger partial charge < -0.3 is 4.57 Å². The predicted molar refractivity (Wildman–Crippen MR) is 80.1 cm³/mol. The number of carbonyl (C=O) groups is 1. The molecule has 0 spiro atoms. The van der Waals surface area contributed by atoms with Gasteiger partial charge in [-0.05, 0) is 31.5 Å². The number of hydrogen-bond acceptors (Lipinski definition) is 3. The van der Waals surface area contributed by atoms with Crippen molar-refractivity contribution in [3.63, 3.8) is 0 Å². The van der Waals surface area contributed by atoms with E-state index in [0.29, 0.717) is 13.2 Å². The van der Waals surface area contributed by atoms with Gasteiger partial charge in [-0.25, -0.2) is 5.48 Å². The Hall–Kier alpha value is -2.40. The molecule has 0 aliphatic heterocycles. The maximum Gasteiger partial charge on any atom is 0.280 e. The lowest BCUT2D eigenvalue weighted by Gasteiger charge is -2.09. The number of rotatable bonds is 5. The molecule has 0 saturated carbocycles. The fourth-order valence-electron chi connectivity index (χ4n) is 2.03. The first-order chi connectivity index (χ1) is 10.1. The molecule has 1 aromatic carbocycles. The molecule has 2 rings (SSSR count). The average Bonchev–Trinajstić information content (AvgIpc) is 2.47. The van der Waals surface area contributed by atoms with Crippen molar-refractivity contribution in [2.45, 2.75) is 20.4 Å². The molecule has 1 heterocycles. The summed E-state index contributed by atoms with van der Waals surface area (Å²) in [5.74, 6) is -0.527. The summed E-state index contributed by atoms with van der Waals surface area (Å²) in [5, 5.41) is 0. The van der Waals surface area contributed by atoms with Crippen LogP contribution in [0.15, 0.2) is 47.4 Å². The van der Waals surface area contributed by atoms with E-state index < -0.39 is 5.91 Å². The van der Waals surface area contributed by atoms with Crippen LogP contribution in [0.5, 0.6) is 0 Å². The lowest BCUT2D eigenvalue weighted by molar-refractivity contribution is 0.0362. The van der Waals surface area contributed by atoms with E-state index in [0.717, 1.165) is 11.1 Å². The Morgan fingerprint density at radius 3 is 2.81 bits per heavy atom. The number of pyridine rings is 1. The number of aryl methyl sites for hydroxylation is 1. The van der Waals surface area contributed by atoms with Gasteiger partial charge in [0.15, 0.2) is 0 Å². The fraction of sp³-hybridized carbons (Fsp3) is 0.250. The second kappa shape index (κ2) is 6.85. The number of carbonyl (C=O) groups excluding carboxylic acids is 1. The highest BCUT2D eigenvalue weighted by atomic mass is 16.6. The summed E-state index contributed by atoms with van der Waals surface area (Å²) in [7, 11) is 0. The van der Waals surface area contributed by atoms with Gasteiger partial charge in [-0.1, -0.05) is 29.8 Å². The highest BCUT2D eigenvalue weighted by molar-refractivity contribution is 5.92. The molecular weight excluding hydrogens is 268 g/mol. The smallest absolute Gasteiger partial charge is 0.280 e. The Labute approximate surface area is 123 Å². The van der Waals surface area contributed by atoms with E-state index in [4.69, 9.17) is 4.84 Å². The summed E-state index contributed by atoms with van der Waals surface area (Å²) >= 11 is 0. The van der Waals surface area contributed by atoms with Crippen molar-refractivity contribution in [1.82, 2.24) is 10.0 Å². The lowest BCUT2D eigenvalue weighted by Crippen LogP contribution is -2.33. The first kappa shape index (κ1) is 15.0. The molecule has 0 aliphatic rings. The number of amides is 1. The fourth-order valence-corrected chi connectivity index (χ4v) is 2.03. The normalized spacial score (nSPS) is 10.4. The Morgan fingerprint density at radius 1 is 1.29 bits per heavy atom. The average molecular weight is 286 g/mol. The molecule has 1 aromatic heterocycles. The van der Waals surface area contributed by atoms with Crippen LogP contribution >= 0.6 is 0 Å². The van der Waals surface area contributed by atoms with Crippen molar-refractivity contribution in [2.24, 2.45) is 0 Å². The molecule has 0 unspecified atom stereocenters. The van der Waals surface area contributed by atoms with Crippen molar-refractivity contribution in [3.05, 3.63) is 69.6 Å². The zero-order chi connectivity index (χ0) is 15.2. The van der Waals surface area contributed by atoms with Gasteiger partial charge in [0.25, 0.3) is 11.5 Å². The van der Waals surface area contributed by atoms with Gasteiger partial charge in [-0.15, -0.1) is 0 Å². The van der Waals surface area contributed by atoms with Crippen LogP contribution in [0.4, 0.5) is 0 Å². The molecule has 0 fully saturated rings. The van der Waals surface area contributed by atoms with E-state index in [1.54, 1.807) is 19.2 Å². The monoisotopic (exact) mass is 286 g/mol. The number of hydrogen-bond donors (Lipinski definition) is 1. The first-order valence-corrected chi connectivity index (χ1v) is 6.79. The van der Waals surface area contributed by atoms with Crippen molar-refractivity contribution < 1.29 is 9.63 Å². The van der Waals surface area contributed by atoms with E-state index in [2.05, 4.69) is 5.48 Å². The molecule has 0 saturated heterocycles. The third-order valence-electron chi connectivity index (χ3n) is 3.01. The van der Waals surface area contributed by atoms with Gasteiger partial charge in [0.2, 0.25) is 0 Å². The standard InChI is InChI=1S/C16H18N2O3/c1-3-21-17-15(19)14-8-5-9-18(16(14)20)11-13-7-4-6-12(2)10-13/h4-10H,3,11H2,1-2H3,(H,17,19). The van der Waals surface area contributed by atoms with Crippen molar-refractivity contribution in [3.8, 4) is 0 Å². The molecule has 1 amide bonds. The van der Waals surface area contributed by atoms with E-state index in [9.17, 15) is 9.59 Å². The van der Waals surface area contributed by atoms with E-state index in [1.807, 2.05) is 31.2 Å². The molecule has 0 atom stereocenters. The topological polar surface area (TPSA) is 60.3 Å². The quantitative estimate of drug-likeness (QED) is 0.854. The molecule has 2 aromatic rings. The minimum atomic E-state index is -0.527. The SMILES string of the molecule is CCONC(=O)c1cccn(Cc2cccc(C)c2)c1=O. The Kier molecular flexibility index (Phi) is 4.90. The maximum absolute atomic E-state index is 12.3. The van der Waals surface area contributed by atoms with Crippen molar-refractivity contribution in [1.29, 1.82) is 0 Å². The number of aromatic nitrogens is 1. The minimum absolute atomic E-state index is 0.0682. The van der Waals surface area contributed by atoms with Crippen LogP contribution in [0.3, 0.4) is 0 Å². The molecule has 110 valence electrons. The Bertz CT molecular complexity index is 692. The maximum atomic E-state index is 12.3. The van der Waals surface area contributed by atoms with Crippen LogP contribution < -0.4 is 11.0 Å². The highest BCUT2D eigenvalue weighted by Gasteiger charge is 2.12. The Balaban J connectivity index is 2.25. The predicted octanol–water partition coefficient (Wildman–Crippen LogP) is 1.89. The summed E-state index contributed by atoms with van der Waals surface area (Å²) in [5.41, 5.74) is 4.11. The van der Waals surface area contributed by atoms with Crippen LogP contribution in [0, 0.1) is 6.92 Å². The number of hydroxylamine groups is 1. The summed E-state index contributed by atoms with van der Waals surface area (Å²) in [6.45, 7) is 4.52.